The van der Waals surface area contributed by atoms with Crippen molar-refractivity contribution in [2.24, 2.45) is 11.8 Å². The van der Waals surface area contributed by atoms with E-state index in [1.54, 1.807) is 43.5 Å². The van der Waals surface area contributed by atoms with Gasteiger partial charge in [-0.1, -0.05) is 25.0 Å². The molecule has 1 heterocycles. The van der Waals surface area contributed by atoms with Crippen molar-refractivity contribution in [1.29, 1.82) is 0 Å². The first-order valence-electron chi connectivity index (χ1n) is 12.9. The van der Waals surface area contributed by atoms with Crippen molar-refractivity contribution in [2.45, 2.75) is 38.1 Å². The molecule has 7 heteroatoms. The van der Waals surface area contributed by atoms with Crippen LogP contribution in [0.25, 0.3) is 22.4 Å². The van der Waals surface area contributed by atoms with Gasteiger partial charge in [-0.05, 0) is 85.7 Å². The zero-order chi connectivity index (χ0) is 25.4. The number of nitrogens with zero attached hydrogens (tertiary/aromatic N) is 1. The molecule has 7 rings (SSSR count). The van der Waals surface area contributed by atoms with Crippen LogP contribution in [0.5, 0.6) is 5.75 Å². The Morgan fingerprint density at radius 1 is 0.892 bits per heavy atom. The molecule has 3 aliphatic carbocycles. The van der Waals surface area contributed by atoms with E-state index in [0.717, 1.165) is 34.7 Å². The Morgan fingerprint density at radius 3 is 2.30 bits per heavy atom. The van der Waals surface area contributed by atoms with Crippen molar-refractivity contribution in [3.8, 4) is 17.1 Å². The van der Waals surface area contributed by atoms with Gasteiger partial charge in [0.25, 0.3) is 11.8 Å². The summed E-state index contributed by atoms with van der Waals surface area (Å²) < 4.78 is 5.15. The van der Waals surface area contributed by atoms with Gasteiger partial charge in [-0.15, -0.1) is 0 Å². The number of hydrogen-bond donors (Lipinski definition) is 3. The second-order valence-corrected chi connectivity index (χ2v) is 10.2. The van der Waals surface area contributed by atoms with Gasteiger partial charge >= 0.3 is 0 Å². The van der Waals surface area contributed by atoms with Crippen LogP contribution in [0.15, 0.2) is 66.7 Å². The molecule has 3 N–H and O–H groups in total. The van der Waals surface area contributed by atoms with E-state index in [9.17, 15) is 9.59 Å². The summed E-state index contributed by atoms with van der Waals surface area (Å²) >= 11 is 0. The summed E-state index contributed by atoms with van der Waals surface area (Å²) in [6.07, 6.45) is 6.21. The summed E-state index contributed by atoms with van der Waals surface area (Å²) in [5.74, 6) is 2.61. The molecule has 0 aliphatic heterocycles. The lowest BCUT2D eigenvalue weighted by Crippen LogP contribution is -2.47. The summed E-state index contributed by atoms with van der Waals surface area (Å²) in [5, 5.41) is 6.18. The maximum Gasteiger partial charge on any atom is 0.255 e. The molecule has 2 amide bonds. The van der Waals surface area contributed by atoms with Gasteiger partial charge < -0.3 is 20.4 Å². The van der Waals surface area contributed by atoms with E-state index in [0.29, 0.717) is 34.6 Å². The fraction of sp³-hybridized carbons (Fsp3) is 0.300. The minimum atomic E-state index is -0.192. The van der Waals surface area contributed by atoms with Crippen LogP contribution in [0, 0.1) is 11.8 Å². The molecule has 0 spiro atoms. The van der Waals surface area contributed by atoms with E-state index in [1.807, 2.05) is 30.3 Å². The zero-order valence-corrected chi connectivity index (χ0v) is 20.8. The number of amides is 2. The summed E-state index contributed by atoms with van der Waals surface area (Å²) in [4.78, 5) is 33.7. The van der Waals surface area contributed by atoms with Gasteiger partial charge in [0.1, 0.15) is 11.6 Å². The van der Waals surface area contributed by atoms with E-state index in [1.165, 1.54) is 25.7 Å². The summed E-state index contributed by atoms with van der Waals surface area (Å²) in [6.45, 7) is 0. The molecule has 7 nitrogen and oxygen atoms in total. The van der Waals surface area contributed by atoms with Crippen LogP contribution >= 0.6 is 0 Å². The first-order valence-corrected chi connectivity index (χ1v) is 12.9. The predicted molar refractivity (Wildman–Crippen MR) is 144 cm³/mol. The lowest BCUT2D eigenvalue weighted by atomic mass is 9.68. The molecule has 0 saturated heterocycles. The van der Waals surface area contributed by atoms with Crippen LogP contribution in [0.3, 0.4) is 0 Å². The SMILES string of the molecule is COc1ccc(NC(=O)c2ccc(-c3nc4cc(C(=O)NC5CC6CCC5CC6)ccc4[nH]3)cc2)cc1. The quantitative estimate of drug-likeness (QED) is 0.316. The molecular weight excluding hydrogens is 464 g/mol. The molecule has 188 valence electrons. The maximum absolute atomic E-state index is 13.0. The molecule has 3 fully saturated rings. The number of nitrogens with one attached hydrogen (secondary N) is 3. The van der Waals surface area contributed by atoms with Crippen molar-refractivity contribution in [3.63, 3.8) is 0 Å². The Hall–Kier alpha value is -4.13. The number of aromatic nitrogens is 2. The monoisotopic (exact) mass is 494 g/mol. The Balaban J connectivity index is 1.14. The number of methoxy groups -OCH3 is 1. The minimum Gasteiger partial charge on any atom is -0.497 e. The number of aromatic amines is 1. The first-order chi connectivity index (χ1) is 18.1. The van der Waals surface area contributed by atoms with Gasteiger partial charge in [-0.2, -0.15) is 0 Å². The number of H-pyrrole nitrogens is 1. The molecule has 37 heavy (non-hydrogen) atoms. The highest BCUT2D eigenvalue weighted by Gasteiger charge is 2.36. The highest BCUT2D eigenvalue weighted by molar-refractivity contribution is 6.04. The number of ether oxygens (including phenoxy) is 1. The number of carbonyl (C=O) groups excluding carboxylic acids is 2. The van der Waals surface area contributed by atoms with Crippen LogP contribution in [-0.4, -0.2) is 34.9 Å². The van der Waals surface area contributed by atoms with E-state index >= 15 is 0 Å². The third-order valence-corrected chi connectivity index (χ3v) is 7.88. The van der Waals surface area contributed by atoms with E-state index in [4.69, 9.17) is 9.72 Å². The molecule has 1 atom stereocenters. The van der Waals surface area contributed by atoms with Crippen LogP contribution in [0.2, 0.25) is 0 Å². The van der Waals surface area contributed by atoms with Gasteiger partial charge in [-0.25, -0.2) is 4.98 Å². The average molecular weight is 495 g/mol. The average Bonchev–Trinajstić information content (AvgIpc) is 3.38. The molecule has 3 saturated carbocycles. The second-order valence-electron chi connectivity index (χ2n) is 10.2. The fourth-order valence-corrected chi connectivity index (χ4v) is 5.75. The minimum absolute atomic E-state index is 0.0174. The van der Waals surface area contributed by atoms with Crippen molar-refractivity contribution < 1.29 is 14.3 Å². The normalized spacial score (nSPS) is 20.5. The standard InChI is InChI=1S/C30H30N4O3/c1-37-24-13-11-23(12-14-24)31-29(35)21-8-6-20(7-9-21)28-32-25-15-10-22(17-27(25)33-28)30(36)34-26-16-18-2-4-19(26)5-3-18/h6-15,17-19,26H,2-5,16H2,1H3,(H,31,35)(H,32,33)(H,34,36). The highest BCUT2D eigenvalue weighted by Crippen LogP contribution is 2.41. The van der Waals surface area contributed by atoms with Crippen molar-refractivity contribution in [1.82, 2.24) is 15.3 Å². The predicted octanol–water partition coefficient (Wildman–Crippen LogP) is 5.80. The van der Waals surface area contributed by atoms with Crippen LogP contribution in [0.1, 0.15) is 52.8 Å². The first kappa shape index (κ1) is 23.3. The van der Waals surface area contributed by atoms with Gasteiger partial charge in [0.15, 0.2) is 0 Å². The zero-order valence-electron chi connectivity index (χ0n) is 20.8. The molecule has 3 aliphatic rings. The molecule has 4 aromatic rings. The summed E-state index contributed by atoms with van der Waals surface area (Å²) in [5.41, 5.74) is 4.35. The molecule has 3 aromatic carbocycles. The molecular formula is C30H30N4O3. The number of hydrogen-bond acceptors (Lipinski definition) is 4. The summed E-state index contributed by atoms with van der Waals surface area (Å²) in [6, 6.07) is 20.4. The topological polar surface area (TPSA) is 96.1 Å². The maximum atomic E-state index is 13.0. The number of imidazole rings is 1. The third-order valence-electron chi connectivity index (χ3n) is 7.88. The van der Waals surface area contributed by atoms with Crippen LogP contribution < -0.4 is 15.4 Å². The number of fused-ring (bicyclic) bond motifs is 4. The summed E-state index contributed by atoms with van der Waals surface area (Å²) in [7, 11) is 1.60. The number of carbonyl (C=O) groups is 2. The molecule has 2 bridgehead atoms. The van der Waals surface area contributed by atoms with E-state index in [-0.39, 0.29) is 11.8 Å². The second kappa shape index (κ2) is 9.73. The van der Waals surface area contributed by atoms with Crippen molar-refractivity contribution in [3.05, 3.63) is 77.9 Å². The van der Waals surface area contributed by atoms with Gasteiger partial charge in [0.05, 0.1) is 18.1 Å². The molecule has 1 aromatic heterocycles. The van der Waals surface area contributed by atoms with Gasteiger partial charge in [-0.3, -0.25) is 9.59 Å². The van der Waals surface area contributed by atoms with E-state index in [2.05, 4.69) is 15.6 Å². The highest BCUT2D eigenvalue weighted by atomic mass is 16.5. The lowest BCUT2D eigenvalue weighted by molar-refractivity contribution is 0.0810. The third kappa shape index (κ3) is 4.81. The van der Waals surface area contributed by atoms with Crippen molar-refractivity contribution in [2.75, 3.05) is 12.4 Å². The Bertz CT molecular complexity index is 1430. The Morgan fingerprint density at radius 2 is 1.62 bits per heavy atom. The number of anilines is 1. The largest absolute Gasteiger partial charge is 0.497 e. The van der Waals surface area contributed by atoms with Gasteiger partial charge in [0.2, 0.25) is 0 Å². The lowest BCUT2D eigenvalue weighted by Gasteiger charge is -2.42. The Labute approximate surface area is 215 Å². The van der Waals surface area contributed by atoms with Crippen LogP contribution in [0.4, 0.5) is 5.69 Å². The van der Waals surface area contributed by atoms with E-state index < -0.39 is 0 Å². The fourth-order valence-electron chi connectivity index (χ4n) is 5.75. The smallest absolute Gasteiger partial charge is 0.255 e. The number of rotatable bonds is 6. The number of benzene rings is 3. The van der Waals surface area contributed by atoms with Crippen molar-refractivity contribution >= 4 is 28.5 Å². The Kier molecular flexibility index (Phi) is 6.12. The molecule has 0 radical (unpaired) electrons. The van der Waals surface area contributed by atoms with Crippen LogP contribution in [-0.2, 0) is 0 Å². The molecule has 1 unspecified atom stereocenters. The van der Waals surface area contributed by atoms with Gasteiger partial charge in [0, 0.05) is 28.4 Å².